The van der Waals surface area contributed by atoms with Crippen LogP contribution in [0.2, 0.25) is 0 Å². The molecule has 0 aliphatic rings. The molecule has 0 saturated heterocycles. The lowest BCUT2D eigenvalue weighted by Crippen LogP contribution is -2.43. The molecule has 0 bridgehead atoms. The van der Waals surface area contributed by atoms with Crippen molar-refractivity contribution < 1.29 is 16.8 Å². The largest absolute Gasteiger partial charge is 0.399 e. The summed E-state index contributed by atoms with van der Waals surface area (Å²) >= 11 is 0. The number of hydrogen-bond acceptors (Lipinski definition) is 6. The van der Waals surface area contributed by atoms with E-state index in [1.165, 1.54) is 32.0 Å². The average Bonchev–Trinajstić information content (AvgIpc) is 2.35. The molecule has 3 N–H and O–H groups in total. The van der Waals surface area contributed by atoms with E-state index >= 15 is 0 Å². The standard InChI is InChI=1S/C12H17N3O4S2/c1-12(2,20(3,16)17)8-15-21(18,19)11-5-4-10(14)6-9(11)7-13/h4-6,15H,8,14H2,1-3H3. The molecule has 0 amide bonds. The molecular weight excluding hydrogens is 314 g/mol. The van der Waals surface area contributed by atoms with Crippen molar-refractivity contribution in [3.8, 4) is 6.07 Å². The highest BCUT2D eigenvalue weighted by molar-refractivity contribution is 7.92. The van der Waals surface area contributed by atoms with E-state index in [0.717, 1.165) is 6.26 Å². The number of rotatable bonds is 5. The summed E-state index contributed by atoms with van der Waals surface area (Å²) in [5.74, 6) is 0. The van der Waals surface area contributed by atoms with Gasteiger partial charge in [-0.25, -0.2) is 21.6 Å². The van der Waals surface area contributed by atoms with Crippen LogP contribution in [0.25, 0.3) is 0 Å². The molecule has 0 unspecified atom stereocenters. The Labute approximate surface area is 124 Å². The van der Waals surface area contributed by atoms with Crippen molar-refractivity contribution in [2.45, 2.75) is 23.5 Å². The van der Waals surface area contributed by atoms with E-state index in [1.807, 2.05) is 0 Å². The second kappa shape index (κ2) is 5.63. The molecule has 0 atom stereocenters. The minimum absolute atomic E-state index is 0.0975. The first-order valence-electron chi connectivity index (χ1n) is 5.89. The van der Waals surface area contributed by atoms with Crippen LogP contribution >= 0.6 is 0 Å². The normalized spacial score (nSPS) is 12.9. The Balaban J connectivity index is 3.13. The van der Waals surface area contributed by atoms with Crippen LogP contribution < -0.4 is 10.5 Å². The fourth-order valence-corrected chi connectivity index (χ4v) is 3.12. The van der Waals surface area contributed by atoms with Gasteiger partial charge in [-0.3, -0.25) is 0 Å². The van der Waals surface area contributed by atoms with E-state index in [-0.39, 0.29) is 22.7 Å². The Morgan fingerprint density at radius 2 is 1.86 bits per heavy atom. The van der Waals surface area contributed by atoms with E-state index in [2.05, 4.69) is 4.72 Å². The van der Waals surface area contributed by atoms with Crippen molar-refractivity contribution in [3.63, 3.8) is 0 Å². The number of anilines is 1. The van der Waals surface area contributed by atoms with Crippen LogP contribution in [0.4, 0.5) is 5.69 Å². The predicted molar refractivity (Wildman–Crippen MR) is 79.7 cm³/mol. The second-order valence-electron chi connectivity index (χ2n) is 5.22. The third-order valence-electron chi connectivity index (χ3n) is 3.11. The molecule has 0 aliphatic heterocycles. The van der Waals surface area contributed by atoms with E-state index in [0.29, 0.717) is 0 Å². The molecule has 0 aliphatic carbocycles. The number of hydrogen-bond donors (Lipinski definition) is 2. The monoisotopic (exact) mass is 331 g/mol. The highest BCUT2D eigenvalue weighted by Gasteiger charge is 2.32. The quantitative estimate of drug-likeness (QED) is 0.743. The van der Waals surface area contributed by atoms with Gasteiger partial charge in [0.1, 0.15) is 6.07 Å². The first-order chi connectivity index (χ1) is 9.40. The molecule has 0 spiro atoms. The first-order valence-corrected chi connectivity index (χ1v) is 9.27. The average molecular weight is 331 g/mol. The van der Waals surface area contributed by atoms with Crippen molar-refractivity contribution >= 4 is 25.5 Å². The summed E-state index contributed by atoms with van der Waals surface area (Å²) < 4.78 is 48.5. The van der Waals surface area contributed by atoms with Crippen molar-refractivity contribution in [1.29, 1.82) is 5.26 Å². The molecule has 0 aromatic heterocycles. The van der Waals surface area contributed by atoms with Gasteiger partial charge in [0.05, 0.1) is 15.2 Å². The number of nitrogens with one attached hydrogen (secondary N) is 1. The number of nitrogen functional groups attached to an aromatic ring is 1. The summed E-state index contributed by atoms with van der Waals surface area (Å²) in [6.45, 7) is 2.53. The van der Waals surface area contributed by atoms with Gasteiger partial charge in [-0.15, -0.1) is 0 Å². The number of sulfone groups is 1. The molecule has 21 heavy (non-hydrogen) atoms. The van der Waals surface area contributed by atoms with Crippen LogP contribution in [0.15, 0.2) is 23.1 Å². The molecule has 1 aromatic carbocycles. The van der Waals surface area contributed by atoms with Crippen LogP contribution in [0.3, 0.4) is 0 Å². The number of nitriles is 1. The van der Waals surface area contributed by atoms with Crippen LogP contribution in [0, 0.1) is 11.3 Å². The molecule has 7 nitrogen and oxygen atoms in total. The lowest BCUT2D eigenvalue weighted by molar-refractivity contribution is 0.537. The lowest BCUT2D eigenvalue weighted by atomic mass is 10.2. The van der Waals surface area contributed by atoms with E-state index in [4.69, 9.17) is 11.0 Å². The van der Waals surface area contributed by atoms with Crippen LogP contribution in [-0.2, 0) is 19.9 Å². The Hall–Kier alpha value is -1.63. The topological polar surface area (TPSA) is 130 Å². The molecule has 9 heteroatoms. The molecular formula is C12H17N3O4S2. The number of nitrogens with zero attached hydrogens (tertiary/aromatic N) is 1. The lowest BCUT2D eigenvalue weighted by Gasteiger charge is -2.22. The number of nitrogens with two attached hydrogens (primary N) is 1. The van der Waals surface area contributed by atoms with Crippen LogP contribution in [0.1, 0.15) is 19.4 Å². The number of benzene rings is 1. The molecule has 1 aromatic rings. The first kappa shape index (κ1) is 17.4. The van der Waals surface area contributed by atoms with Crippen molar-refractivity contribution in [3.05, 3.63) is 23.8 Å². The zero-order chi connectivity index (χ0) is 16.5. The van der Waals surface area contributed by atoms with Gasteiger partial charge in [0.15, 0.2) is 9.84 Å². The van der Waals surface area contributed by atoms with E-state index in [9.17, 15) is 16.8 Å². The summed E-state index contributed by atoms with van der Waals surface area (Å²) in [5, 5.41) is 8.97. The summed E-state index contributed by atoms with van der Waals surface area (Å²) in [6.07, 6.45) is 1.03. The van der Waals surface area contributed by atoms with Crippen LogP contribution in [0.5, 0.6) is 0 Å². The van der Waals surface area contributed by atoms with Crippen LogP contribution in [-0.4, -0.2) is 34.4 Å². The Morgan fingerprint density at radius 3 is 2.33 bits per heavy atom. The van der Waals surface area contributed by atoms with Gasteiger partial charge < -0.3 is 5.73 Å². The summed E-state index contributed by atoms with van der Waals surface area (Å²) in [7, 11) is -7.45. The Kier molecular flexibility index (Phi) is 4.67. The zero-order valence-corrected chi connectivity index (χ0v) is 13.5. The Morgan fingerprint density at radius 1 is 1.29 bits per heavy atom. The van der Waals surface area contributed by atoms with Gasteiger partial charge in [0.2, 0.25) is 10.0 Å². The van der Waals surface area contributed by atoms with Gasteiger partial charge in [0.25, 0.3) is 0 Å². The molecule has 0 heterocycles. The highest BCUT2D eigenvalue weighted by Crippen LogP contribution is 2.20. The van der Waals surface area contributed by atoms with Crippen molar-refractivity contribution in [2.75, 3.05) is 18.5 Å². The summed E-state index contributed by atoms with van der Waals surface area (Å²) in [5.41, 5.74) is 5.67. The number of sulfonamides is 1. The van der Waals surface area contributed by atoms with Crippen molar-refractivity contribution in [1.82, 2.24) is 4.72 Å². The SMILES string of the molecule is CC(C)(CNS(=O)(=O)c1ccc(N)cc1C#N)S(C)(=O)=O. The minimum atomic E-state index is -4.01. The summed E-state index contributed by atoms with van der Waals surface area (Å²) in [4.78, 5) is -0.233. The van der Waals surface area contributed by atoms with Crippen molar-refractivity contribution in [2.24, 2.45) is 0 Å². The molecule has 0 radical (unpaired) electrons. The summed E-state index contributed by atoms with van der Waals surface area (Å²) in [6, 6.07) is 5.57. The van der Waals surface area contributed by atoms with E-state index < -0.39 is 24.6 Å². The highest BCUT2D eigenvalue weighted by atomic mass is 32.2. The molecule has 116 valence electrons. The minimum Gasteiger partial charge on any atom is -0.399 e. The van der Waals surface area contributed by atoms with Gasteiger partial charge in [0, 0.05) is 18.5 Å². The fourth-order valence-electron chi connectivity index (χ4n) is 1.35. The van der Waals surface area contributed by atoms with Gasteiger partial charge in [-0.1, -0.05) is 0 Å². The molecule has 1 rings (SSSR count). The smallest absolute Gasteiger partial charge is 0.241 e. The van der Waals surface area contributed by atoms with E-state index in [1.54, 1.807) is 6.07 Å². The predicted octanol–water partition coefficient (Wildman–Crippen LogP) is 0.242. The van der Waals surface area contributed by atoms with Gasteiger partial charge >= 0.3 is 0 Å². The zero-order valence-electron chi connectivity index (χ0n) is 11.9. The maximum atomic E-state index is 12.2. The fraction of sp³-hybridized carbons (Fsp3) is 0.417. The Bertz CT molecular complexity index is 790. The maximum absolute atomic E-state index is 12.2. The third-order valence-corrected chi connectivity index (χ3v) is 6.72. The van der Waals surface area contributed by atoms with Gasteiger partial charge in [-0.2, -0.15) is 5.26 Å². The van der Waals surface area contributed by atoms with Gasteiger partial charge in [-0.05, 0) is 32.0 Å². The molecule has 0 saturated carbocycles. The maximum Gasteiger partial charge on any atom is 0.241 e. The second-order valence-corrected chi connectivity index (χ2v) is 9.61. The molecule has 0 fully saturated rings. The third kappa shape index (κ3) is 3.93.